The van der Waals surface area contributed by atoms with E-state index in [2.05, 4.69) is 58.1 Å². The van der Waals surface area contributed by atoms with Crippen molar-refractivity contribution >= 4 is 19.8 Å². The largest absolute Gasteiger partial charge is 0.472 e. The highest BCUT2D eigenvalue weighted by atomic mass is 31.2. The first-order valence-corrected chi connectivity index (χ1v) is 23.3. The van der Waals surface area contributed by atoms with Crippen molar-refractivity contribution in [3.8, 4) is 0 Å². The average molecular weight is 837 g/mol. The minimum absolute atomic E-state index is 0.00520. The highest BCUT2D eigenvalue weighted by Gasteiger charge is 2.27. The van der Waals surface area contributed by atoms with Gasteiger partial charge in [0.1, 0.15) is 31.3 Å². The third-order valence-electron chi connectivity index (χ3n) is 9.61. The van der Waals surface area contributed by atoms with Gasteiger partial charge in [-0.25, -0.2) is 4.57 Å². The number of esters is 2. The van der Waals surface area contributed by atoms with Gasteiger partial charge >= 0.3 is 19.8 Å². The van der Waals surface area contributed by atoms with Gasteiger partial charge in [0, 0.05) is 25.7 Å². The fraction of sp³-hybridized carbons (Fsp3) is 0.696. The van der Waals surface area contributed by atoms with E-state index in [1.807, 2.05) is 39.4 Å². The van der Waals surface area contributed by atoms with Crippen molar-refractivity contribution in [2.24, 2.45) is 0 Å². The number of phosphoric acid groups is 1. The molecule has 0 aromatic carbocycles. The number of quaternary nitrogens is 1. The Labute approximate surface area is 351 Å². The fourth-order valence-electron chi connectivity index (χ4n) is 5.89. The molecule has 0 spiro atoms. The van der Waals surface area contributed by atoms with Gasteiger partial charge in [0.05, 0.1) is 33.9 Å². The van der Waals surface area contributed by atoms with E-state index in [1.165, 1.54) is 11.1 Å². The molecule has 0 amide bonds. The van der Waals surface area contributed by atoms with Gasteiger partial charge in [0.25, 0.3) is 0 Å². The van der Waals surface area contributed by atoms with Gasteiger partial charge < -0.3 is 28.4 Å². The van der Waals surface area contributed by atoms with Gasteiger partial charge in [-0.3, -0.25) is 18.6 Å². The third kappa shape index (κ3) is 28.6. The molecule has 1 aromatic heterocycles. The van der Waals surface area contributed by atoms with E-state index in [4.69, 9.17) is 22.9 Å². The molecule has 1 unspecified atom stereocenters. The molecular weight excluding hydrogens is 757 g/mol. The highest BCUT2D eigenvalue weighted by Crippen LogP contribution is 2.43. The van der Waals surface area contributed by atoms with Crippen LogP contribution in [0, 0.1) is 13.8 Å². The topological polar surface area (TPSA) is 142 Å². The molecule has 0 saturated carbocycles. The van der Waals surface area contributed by atoms with E-state index in [0.717, 1.165) is 101 Å². The van der Waals surface area contributed by atoms with Crippen molar-refractivity contribution in [1.29, 1.82) is 0 Å². The number of aliphatic hydroxyl groups is 1. The minimum Gasteiger partial charge on any atom is -0.466 e. The number of aliphatic hydroxyl groups excluding tert-OH is 1. The minimum atomic E-state index is -4.41. The van der Waals surface area contributed by atoms with Crippen LogP contribution < -0.4 is 0 Å². The van der Waals surface area contributed by atoms with Crippen molar-refractivity contribution in [1.82, 2.24) is 0 Å². The summed E-state index contributed by atoms with van der Waals surface area (Å²) in [6, 6.07) is 0. The Hall–Kier alpha value is -2.79. The Kier molecular flexibility index (Phi) is 29.4. The normalized spacial score (nSPS) is 14.6. The van der Waals surface area contributed by atoms with Crippen LogP contribution in [0.3, 0.4) is 0 Å². The summed E-state index contributed by atoms with van der Waals surface area (Å²) in [6.45, 7) is 8.33. The van der Waals surface area contributed by atoms with Crippen molar-refractivity contribution in [2.45, 2.75) is 162 Å². The molecule has 1 aromatic rings. The van der Waals surface area contributed by atoms with Gasteiger partial charge in [-0.05, 0) is 82.8 Å². The Balaban J connectivity index is 2.42. The number of phosphoric ester groups is 1. The first-order valence-electron chi connectivity index (χ1n) is 21.8. The van der Waals surface area contributed by atoms with E-state index in [-0.39, 0.29) is 32.2 Å². The number of carbonyl (C=O) groups excluding carboxylic acids is 2. The lowest BCUT2D eigenvalue weighted by Crippen LogP contribution is -2.37. The summed E-state index contributed by atoms with van der Waals surface area (Å²) in [4.78, 5) is 35.4. The van der Waals surface area contributed by atoms with Gasteiger partial charge in [-0.1, -0.05) is 101 Å². The molecule has 0 aliphatic heterocycles. The maximum atomic E-state index is 12.7. The van der Waals surface area contributed by atoms with Gasteiger partial charge in [-0.15, -0.1) is 0 Å². The lowest BCUT2D eigenvalue weighted by molar-refractivity contribution is -0.870. The van der Waals surface area contributed by atoms with Crippen LogP contribution in [-0.2, 0) is 45.5 Å². The molecule has 0 radical (unpaired) electrons. The smallest absolute Gasteiger partial charge is 0.466 e. The molecule has 12 heteroatoms. The second-order valence-corrected chi connectivity index (χ2v) is 17.6. The van der Waals surface area contributed by atoms with E-state index in [1.54, 1.807) is 0 Å². The molecule has 0 fully saturated rings. The SMILES string of the molecule is CCCC[C@H](O)/C=C\C/C=C\C/C=C\C/C=C\CCCC(=O)OC[C@H](COP(=O)(O)OCC[N+](C)(C)C)OC(=O)CCCCCCCCc1oc(CCC)c(C)c1C. The number of ether oxygens (including phenoxy) is 2. The van der Waals surface area contributed by atoms with Crippen LogP contribution in [-0.4, -0.2) is 86.1 Å². The van der Waals surface area contributed by atoms with Crippen LogP contribution >= 0.6 is 7.82 Å². The molecule has 11 nitrogen and oxygen atoms in total. The molecule has 332 valence electrons. The Morgan fingerprint density at radius 3 is 1.95 bits per heavy atom. The molecule has 0 saturated heterocycles. The zero-order valence-electron chi connectivity index (χ0n) is 37.1. The third-order valence-corrected chi connectivity index (χ3v) is 10.6. The van der Waals surface area contributed by atoms with Gasteiger partial charge in [0.2, 0.25) is 0 Å². The first kappa shape index (κ1) is 53.2. The summed E-state index contributed by atoms with van der Waals surface area (Å²) in [5.41, 5.74) is 2.56. The van der Waals surface area contributed by atoms with Crippen LogP contribution in [0.4, 0.5) is 0 Å². The Bertz CT molecular complexity index is 1420. The number of carbonyl (C=O) groups is 2. The number of nitrogens with zero attached hydrogens (tertiary/aromatic N) is 1. The van der Waals surface area contributed by atoms with E-state index < -0.39 is 32.5 Å². The maximum absolute atomic E-state index is 12.7. The number of aryl methyl sites for hydroxylation is 2. The quantitative estimate of drug-likeness (QED) is 0.0223. The number of hydrogen-bond donors (Lipinski definition) is 2. The fourth-order valence-corrected chi connectivity index (χ4v) is 6.64. The Morgan fingerprint density at radius 1 is 0.724 bits per heavy atom. The molecule has 2 N–H and O–H groups in total. The predicted octanol–water partition coefficient (Wildman–Crippen LogP) is 10.5. The second-order valence-electron chi connectivity index (χ2n) is 16.1. The number of furan rings is 1. The number of allylic oxidation sites excluding steroid dienone is 7. The summed E-state index contributed by atoms with van der Waals surface area (Å²) in [6.07, 6.45) is 30.8. The highest BCUT2D eigenvalue weighted by molar-refractivity contribution is 7.47. The van der Waals surface area contributed by atoms with Crippen LogP contribution in [0.1, 0.15) is 146 Å². The molecule has 1 heterocycles. The summed E-state index contributed by atoms with van der Waals surface area (Å²) in [5.74, 6) is 1.30. The van der Waals surface area contributed by atoms with E-state index >= 15 is 0 Å². The lowest BCUT2D eigenvalue weighted by Gasteiger charge is -2.24. The molecule has 3 atom stereocenters. The molecule has 0 aliphatic carbocycles. The number of unbranched alkanes of at least 4 members (excludes halogenated alkanes) is 7. The molecule has 1 rings (SSSR count). The molecule has 0 aliphatic rings. The first-order chi connectivity index (χ1) is 27.7. The van der Waals surface area contributed by atoms with Crippen LogP contribution in [0.2, 0.25) is 0 Å². The summed E-state index contributed by atoms with van der Waals surface area (Å²) >= 11 is 0. The number of likely N-dealkylation sites (N-methyl/N-ethyl adjacent to an activating group) is 1. The van der Waals surface area contributed by atoms with Crippen LogP contribution in [0.25, 0.3) is 0 Å². The van der Waals surface area contributed by atoms with Gasteiger partial charge in [-0.2, -0.15) is 0 Å². The maximum Gasteiger partial charge on any atom is 0.472 e. The molecule has 58 heavy (non-hydrogen) atoms. The zero-order chi connectivity index (χ0) is 43.1. The van der Waals surface area contributed by atoms with Crippen molar-refractivity contribution < 1.29 is 51.6 Å². The molecule has 0 bridgehead atoms. The van der Waals surface area contributed by atoms with Crippen molar-refractivity contribution in [3.63, 3.8) is 0 Å². The average Bonchev–Trinajstić information content (AvgIpc) is 3.43. The summed E-state index contributed by atoms with van der Waals surface area (Å²) < 4.78 is 40.4. The number of hydrogen-bond acceptors (Lipinski definition) is 9. The van der Waals surface area contributed by atoms with Crippen LogP contribution in [0.5, 0.6) is 0 Å². The molecular formula is C46H79NO10P+. The zero-order valence-corrected chi connectivity index (χ0v) is 38.0. The Morgan fingerprint density at radius 2 is 1.31 bits per heavy atom. The van der Waals surface area contributed by atoms with Crippen molar-refractivity contribution in [2.75, 3.05) is 47.5 Å². The summed E-state index contributed by atoms with van der Waals surface area (Å²) in [5, 5.41) is 9.82. The van der Waals surface area contributed by atoms with E-state index in [0.29, 0.717) is 30.3 Å². The number of rotatable bonds is 35. The second kappa shape index (κ2) is 32.0. The van der Waals surface area contributed by atoms with E-state index in [9.17, 15) is 24.2 Å². The summed E-state index contributed by atoms with van der Waals surface area (Å²) in [7, 11) is 1.39. The van der Waals surface area contributed by atoms with Crippen LogP contribution in [0.15, 0.2) is 53.0 Å². The van der Waals surface area contributed by atoms with Gasteiger partial charge in [0.15, 0.2) is 6.10 Å². The lowest BCUT2D eigenvalue weighted by atomic mass is 10.0. The monoisotopic (exact) mass is 837 g/mol. The standard InChI is InChI=1S/C46H78NO10P/c1-8-10-30-41(48)31-25-21-17-15-13-11-12-14-16-18-23-27-33-45(49)53-37-42(38-55-58(51,52)54-36-35-47(5,6)7)56-46(50)34-28-24-20-19-22-26-32-44-40(4)39(3)43(57-44)29-9-2/h11-12,15-18,25,31,41-42,48H,8-10,13-14,19-24,26-30,32-38H2,1-7H3/p+1/b12-11-,17-15-,18-16-,31-25-/t41-,42+/m0/s1. The van der Waals surface area contributed by atoms with Crippen molar-refractivity contribution in [3.05, 3.63) is 71.3 Å². The predicted molar refractivity (Wildman–Crippen MR) is 233 cm³/mol.